The number of anilines is 1. The predicted octanol–water partition coefficient (Wildman–Crippen LogP) is 3.69. The summed E-state index contributed by atoms with van der Waals surface area (Å²) in [7, 11) is 0. The zero-order valence-electron chi connectivity index (χ0n) is 14.6. The third kappa shape index (κ3) is 3.90. The van der Waals surface area contributed by atoms with Crippen LogP contribution in [0.4, 0.5) is 5.69 Å². The molecule has 5 nitrogen and oxygen atoms in total. The third-order valence-corrected chi connectivity index (χ3v) is 5.41. The minimum absolute atomic E-state index is 0.0412. The second-order valence-electron chi connectivity index (χ2n) is 6.51. The molecule has 2 heterocycles. The number of furan rings is 1. The van der Waals surface area contributed by atoms with Gasteiger partial charge in [0.2, 0.25) is 5.91 Å². The van der Waals surface area contributed by atoms with Crippen LogP contribution in [0, 0.1) is 5.92 Å². The molecule has 0 spiro atoms. The summed E-state index contributed by atoms with van der Waals surface area (Å²) >= 11 is 1.54. The fraction of sp³-hybridized carbons (Fsp3) is 0.368. The Hall–Kier alpha value is -2.21. The van der Waals surface area contributed by atoms with Crippen LogP contribution >= 0.6 is 11.8 Å². The molecule has 0 bridgehead atoms. The van der Waals surface area contributed by atoms with Crippen molar-refractivity contribution in [3.8, 4) is 0 Å². The highest BCUT2D eigenvalue weighted by Gasteiger charge is 2.26. The van der Waals surface area contributed by atoms with E-state index in [9.17, 15) is 9.59 Å². The van der Waals surface area contributed by atoms with Gasteiger partial charge in [-0.25, -0.2) is 0 Å². The largest absolute Gasteiger partial charge is 0.454 e. The topological polar surface area (TPSA) is 62.6 Å². The van der Waals surface area contributed by atoms with Gasteiger partial charge in [0, 0.05) is 10.9 Å². The smallest absolute Gasteiger partial charge is 0.287 e. The number of amides is 2. The maximum Gasteiger partial charge on any atom is 0.287 e. The summed E-state index contributed by atoms with van der Waals surface area (Å²) in [6, 6.07) is 11.3. The average molecular weight is 358 g/mol. The number of hydrogen-bond acceptors (Lipinski definition) is 4. The summed E-state index contributed by atoms with van der Waals surface area (Å²) in [5, 5.41) is 2.92. The fourth-order valence-corrected chi connectivity index (χ4v) is 3.45. The normalized spacial score (nSPS) is 15.2. The van der Waals surface area contributed by atoms with Crippen LogP contribution in [-0.4, -0.2) is 23.6 Å². The molecule has 0 radical (unpaired) electrons. The van der Waals surface area contributed by atoms with Gasteiger partial charge in [-0.05, 0) is 37.1 Å². The summed E-state index contributed by atoms with van der Waals surface area (Å²) < 4.78 is 5.68. The molecule has 0 aliphatic carbocycles. The van der Waals surface area contributed by atoms with Gasteiger partial charge < -0.3 is 14.6 Å². The summed E-state index contributed by atoms with van der Waals surface area (Å²) in [6.45, 7) is 6.39. The van der Waals surface area contributed by atoms with Gasteiger partial charge >= 0.3 is 0 Å². The molecule has 0 unspecified atom stereocenters. The highest BCUT2D eigenvalue weighted by Crippen LogP contribution is 2.35. The predicted molar refractivity (Wildman–Crippen MR) is 98.8 cm³/mol. The highest BCUT2D eigenvalue weighted by molar-refractivity contribution is 8.00. The van der Waals surface area contributed by atoms with Crippen LogP contribution in [-0.2, 0) is 11.3 Å². The van der Waals surface area contributed by atoms with Crippen LogP contribution in [0.15, 0.2) is 45.7 Å². The zero-order chi connectivity index (χ0) is 18.0. The Kier molecular flexibility index (Phi) is 5.18. The molecular weight excluding hydrogens is 336 g/mol. The molecule has 6 heteroatoms. The van der Waals surface area contributed by atoms with Crippen LogP contribution in [0.2, 0.25) is 0 Å². The zero-order valence-corrected chi connectivity index (χ0v) is 15.4. The minimum atomic E-state index is -0.228. The molecule has 0 fully saturated rings. The summed E-state index contributed by atoms with van der Waals surface area (Å²) in [5.74, 6) is 1.44. The first-order chi connectivity index (χ1) is 12.0. The Labute approximate surface area is 151 Å². The Morgan fingerprint density at radius 1 is 1.24 bits per heavy atom. The van der Waals surface area contributed by atoms with Gasteiger partial charge in [0.1, 0.15) is 5.76 Å². The molecule has 1 N–H and O–H groups in total. The molecule has 132 valence electrons. The van der Waals surface area contributed by atoms with Gasteiger partial charge in [-0.3, -0.25) is 9.59 Å². The van der Waals surface area contributed by atoms with E-state index < -0.39 is 0 Å². The van der Waals surface area contributed by atoms with Crippen LogP contribution < -0.4 is 10.2 Å². The van der Waals surface area contributed by atoms with Crippen molar-refractivity contribution in [3.63, 3.8) is 0 Å². The molecule has 0 saturated heterocycles. The summed E-state index contributed by atoms with van der Waals surface area (Å²) in [6.07, 6.45) is 0. The Balaban J connectivity index is 1.73. The Morgan fingerprint density at radius 3 is 2.76 bits per heavy atom. The number of nitrogens with one attached hydrogen (secondary N) is 1. The third-order valence-electron chi connectivity index (χ3n) is 4.37. The van der Waals surface area contributed by atoms with E-state index in [-0.39, 0.29) is 23.6 Å². The van der Waals surface area contributed by atoms with Gasteiger partial charge in [-0.1, -0.05) is 26.0 Å². The summed E-state index contributed by atoms with van der Waals surface area (Å²) in [4.78, 5) is 27.3. The van der Waals surface area contributed by atoms with Crippen molar-refractivity contribution in [3.05, 3.63) is 47.9 Å². The number of fused-ring (bicyclic) bond motifs is 1. The summed E-state index contributed by atoms with van der Waals surface area (Å²) in [5.41, 5.74) is 0.889. The number of rotatable bonds is 5. The number of benzene rings is 1. The van der Waals surface area contributed by atoms with Crippen molar-refractivity contribution in [2.24, 2.45) is 5.92 Å². The SMILES string of the molecule is CC(C)[C@@H](C)NC(=O)c1ccc(CN2C(=O)CSc3ccccc32)o1. The molecule has 0 saturated carbocycles. The van der Waals surface area contributed by atoms with E-state index >= 15 is 0 Å². The first kappa shape index (κ1) is 17.6. The van der Waals surface area contributed by atoms with E-state index in [2.05, 4.69) is 19.2 Å². The first-order valence-corrected chi connectivity index (χ1v) is 9.36. The van der Waals surface area contributed by atoms with E-state index in [1.165, 1.54) is 0 Å². The van der Waals surface area contributed by atoms with Crippen molar-refractivity contribution in [1.82, 2.24) is 5.32 Å². The first-order valence-electron chi connectivity index (χ1n) is 8.37. The van der Waals surface area contributed by atoms with Gasteiger partial charge in [0.15, 0.2) is 5.76 Å². The van der Waals surface area contributed by atoms with E-state index in [1.54, 1.807) is 28.8 Å². The molecule has 1 aliphatic heterocycles. The number of thioether (sulfide) groups is 1. The van der Waals surface area contributed by atoms with Crippen molar-refractivity contribution in [1.29, 1.82) is 0 Å². The van der Waals surface area contributed by atoms with Crippen molar-refractivity contribution >= 4 is 29.3 Å². The number of carbonyl (C=O) groups is 2. The van der Waals surface area contributed by atoms with Crippen LogP contribution in [0.25, 0.3) is 0 Å². The molecular formula is C19H22N2O3S. The minimum Gasteiger partial charge on any atom is -0.454 e. The molecule has 3 rings (SSSR count). The number of hydrogen-bond donors (Lipinski definition) is 1. The molecule has 2 amide bonds. The van der Waals surface area contributed by atoms with Crippen molar-refractivity contribution in [2.45, 2.75) is 38.3 Å². The maximum atomic E-state index is 12.3. The van der Waals surface area contributed by atoms with Crippen molar-refractivity contribution < 1.29 is 14.0 Å². The van der Waals surface area contributed by atoms with E-state index in [4.69, 9.17) is 4.42 Å². The molecule has 1 aromatic heterocycles. The molecule has 2 aromatic rings. The second-order valence-corrected chi connectivity index (χ2v) is 7.53. The van der Waals surface area contributed by atoms with Crippen LogP contribution in [0.1, 0.15) is 37.1 Å². The van der Waals surface area contributed by atoms with Crippen LogP contribution in [0.3, 0.4) is 0 Å². The molecule has 1 aromatic carbocycles. The Bertz CT molecular complexity index is 784. The molecule has 25 heavy (non-hydrogen) atoms. The lowest BCUT2D eigenvalue weighted by Crippen LogP contribution is -2.36. The highest BCUT2D eigenvalue weighted by atomic mass is 32.2. The van der Waals surface area contributed by atoms with E-state index in [0.29, 0.717) is 24.0 Å². The maximum absolute atomic E-state index is 12.3. The molecule has 1 atom stereocenters. The fourth-order valence-electron chi connectivity index (χ4n) is 2.51. The molecule has 1 aliphatic rings. The van der Waals surface area contributed by atoms with Gasteiger partial charge in [-0.2, -0.15) is 0 Å². The lowest BCUT2D eigenvalue weighted by molar-refractivity contribution is -0.116. The number of carbonyl (C=O) groups excluding carboxylic acids is 2. The van der Waals surface area contributed by atoms with Gasteiger partial charge in [0.25, 0.3) is 5.91 Å². The van der Waals surface area contributed by atoms with E-state index in [1.807, 2.05) is 31.2 Å². The Morgan fingerprint density at radius 2 is 2.00 bits per heavy atom. The standard InChI is InChI=1S/C19H22N2O3S/c1-12(2)13(3)20-19(23)16-9-8-14(24-16)10-21-15-6-4-5-7-17(15)25-11-18(21)22/h4-9,12-13H,10-11H2,1-3H3,(H,20,23)/t13-/m1/s1. The lowest BCUT2D eigenvalue weighted by Gasteiger charge is -2.28. The van der Waals surface area contributed by atoms with Crippen molar-refractivity contribution in [2.75, 3.05) is 10.7 Å². The monoisotopic (exact) mass is 358 g/mol. The van der Waals surface area contributed by atoms with Crippen LogP contribution in [0.5, 0.6) is 0 Å². The second kappa shape index (κ2) is 7.35. The quantitative estimate of drug-likeness (QED) is 0.885. The lowest BCUT2D eigenvalue weighted by atomic mass is 10.1. The number of para-hydroxylation sites is 1. The number of nitrogens with zero attached hydrogens (tertiary/aromatic N) is 1. The average Bonchev–Trinajstić information content (AvgIpc) is 3.06. The van der Waals surface area contributed by atoms with Gasteiger partial charge in [-0.15, -0.1) is 11.8 Å². The van der Waals surface area contributed by atoms with E-state index in [0.717, 1.165) is 10.6 Å². The van der Waals surface area contributed by atoms with Gasteiger partial charge in [0.05, 0.1) is 18.0 Å².